The zero-order valence-corrected chi connectivity index (χ0v) is 14.0. The van der Waals surface area contributed by atoms with E-state index in [-0.39, 0.29) is 0 Å². The van der Waals surface area contributed by atoms with Gasteiger partial charge in [-0.25, -0.2) is 0 Å². The number of nitrogens with zero attached hydrogens (tertiary/aromatic N) is 2. The molecule has 0 spiro atoms. The lowest BCUT2D eigenvalue weighted by atomic mass is 10.0. The van der Waals surface area contributed by atoms with Gasteiger partial charge in [0.1, 0.15) is 11.5 Å². The highest BCUT2D eigenvalue weighted by Crippen LogP contribution is 2.25. The Kier molecular flexibility index (Phi) is 4.23. The molecular weight excluding hydrogens is 284 g/mol. The molecule has 0 atom stereocenters. The highest BCUT2D eigenvalue weighted by atomic mass is 16.3. The Morgan fingerprint density at radius 3 is 2.61 bits per heavy atom. The van der Waals surface area contributed by atoms with Gasteiger partial charge in [0.2, 0.25) is 0 Å². The van der Waals surface area contributed by atoms with Gasteiger partial charge < -0.3 is 4.42 Å². The van der Waals surface area contributed by atoms with Crippen LogP contribution in [0.5, 0.6) is 0 Å². The van der Waals surface area contributed by atoms with Gasteiger partial charge in [-0.3, -0.25) is 9.80 Å². The molecule has 2 saturated heterocycles. The normalized spacial score (nSPS) is 20.6. The van der Waals surface area contributed by atoms with Gasteiger partial charge in [0.15, 0.2) is 0 Å². The van der Waals surface area contributed by atoms with Crippen LogP contribution in [0.25, 0.3) is 11.3 Å². The SMILES string of the molecule is Cc1ccc(-c2cccc(CN3CC(N4CCCCC4)C3)c2)o1. The molecule has 2 aliphatic rings. The van der Waals surface area contributed by atoms with Gasteiger partial charge in [-0.05, 0) is 56.6 Å². The Hall–Kier alpha value is -1.58. The van der Waals surface area contributed by atoms with E-state index in [2.05, 4.69) is 40.1 Å². The standard InChI is InChI=1S/C20H26N2O/c1-16-8-9-20(23-16)18-7-5-6-17(12-18)13-21-14-19(15-21)22-10-3-2-4-11-22/h5-9,12,19H,2-4,10-11,13-15H2,1H3. The molecule has 0 aliphatic carbocycles. The fourth-order valence-electron chi connectivity index (χ4n) is 3.86. The second-order valence-electron chi connectivity index (χ2n) is 7.06. The average Bonchev–Trinajstić information content (AvgIpc) is 2.98. The Labute approximate surface area is 138 Å². The van der Waals surface area contributed by atoms with Crippen molar-refractivity contribution in [2.75, 3.05) is 26.2 Å². The van der Waals surface area contributed by atoms with Crippen LogP contribution in [0.2, 0.25) is 0 Å². The second-order valence-corrected chi connectivity index (χ2v) is 7.06. The summed E-state index contributed by atoms with van der Waals surface area (Å²) in [6.45, 7) is 8.12. The van der Waals surface area contributed by atoms with Gasteiger partial charge >= 0.3 is 0 Å². The molecule has 0 N–H and O–H groups in total. The highest BCUT2D eigenvalue weighted by Gasteiger charge is 2.31. The predicted octanol–water partition coefficient (Wildman–Crippen LogP) is 3.93. The fraction of sp³-hybridized carbons (Fsp3) is 0.500. The lowest BCUT2D eigenvalue weighted by Gasteiger charge is -2.46. The first kappa shape index (κ1) is 15.0. The van der Waals surface area contributed by atoms with Crippen molar-refractivity contribution >= 4 is 0 Å². The van der Waals surface area contributed by atoms with Crippen molar-refractivity contribution in [3.8, 4) is 11.3 Å². The molecule has 122 valence electrons. The smallest absolute Gasteiger partial charge is 0.134 e. The van der Waals surface area contributed by atoms with Crippen molar-refractivity contribution in [3.63, 3.8) is 0 Å². The van der Waals surface area contributed by atoms with E-state index < -0.39 is 0 Å². The maximum Gasteiger partial charge on any atom is 0.134 e. The zero-order valence-electron chi connectivity index (χ0n) is 14.0. The van der Waals surface area contributed by atoms with Crippen molar-refractivity contribution in [2.45, 2.75) is 38.8 Å². The highest BCUT2D eigenvalue weighted by molar-refractivity contribution is 5.58. The van der Waals surface area contributed by atoms with Crippen LogP contribution < -0.4 is 0 Å². The fourth-order valence-corrected chi connectivity index (χ4v) is 3.86. The number of rotatable bonds is 4. The third kappa shape index (κ3) is 3.36. The Bertz CT molecular complexity index is 651. The summed E-state index contributed by atoms with van der Waals surface area (Å²) in [5.74, 6) is 1.94. The molecule has 3 heteroatoms. The van der Waals surface area contributed by atoms with Crippen LogP contribution in [0.3, 0.4) is 0 Å². The number of benzene rings is 1. The van der Waals surface area contributed by atoms with Crippen LogP contribution in [0.15, 0.2) is 40.8 Å². The first-order valence-electron chi connectivity index (χ1n) is 8.90. The molecule has 4 rings (SSSR count). The topological polar surface area (TPSA) is 19.6 Å². The first-order chi connectivity index (χ1) is 11.3. The molecule has 2 aromatic rings. The quantitative estimate of drug-likeness (QED) is 0.853. The van der Waals surface area contributed by atoms with E-state index in [1.807, 2.05) is 13.0 Å². The average molecular weight is 310 g/mol. The molecule has 0 radical (unpaired) electrons. The molecule has 0 amide bonds. The molecule has 0 bridgehead atoms. The van der Waals surface area contributed by atoms with Crippen molar-refractivity contribution in [2.24, 2.45) is 0 Å². The van der Waals surface area contributed by atoms with E-state index in [9.17, 15) is 0 Å². The predicted molar refractivity (Wildman–Crippen MR) is 93.4 cm³/mol. The number of hydrogen-bond acceptors (Lipinski definition) is 3. The first-order valence-corrected chi connectivity index (χ1v) is 8.90. The summed E-state index contributed by atoms with van der Waals surface area (Å²) < 4.78 is 5.75. The summed E-state index contributed by atoms with van der Waals surface area (Å²) in [7, 11) is 0. The molecule has 0 unspecified atom stereocenters. The third-order valence-corrected chi connectivity index (χ3v) is 5.20. The van der Waals surface area contributed by atoms with Crippen LogP contribution in [0, 0.1) is 6.92 Å². The van der Waals surface area contributed by atoms with Crippen molar-refractivity contribution < 1.29 is 4.42 Å². The molecule has 2 aliphatic heterocycles. The van der Waals surface area contributed by atoms with Crippen LogP contribution in [-0.4, -0.2) is 42.0 Å². The molecule has 1 aromatic carbocycles. The minimum atomic E-state index is 0.797. The third-order valence-electron chi connectivity index (χ3n) is 5.20. The molecular formula is C20H26N2O. The number of aryl methyl sites for hydroxylation is 1. The molecule has 0 saturated carbocycles. The summed E-state index contributed by atoms with van der Waals surface area (Å²) in [4.78, 5) is 5.26. The summed E-state index contributed by atoms with van der Waals surface area (Å²) in [6, 6.07) is 13.7. The van der Waals surface area contributed by atoms with Gasteiger partial charge in [-0.1, -0.05) is 24.6 Å². The summed E-state index contributed by atoms with van der Waals surface area (Å²) in [5.41, 5.74) is 2.57. The summed E-state index contributed by atoms with van der Waals surface area (Å²) >= 11 is 0. The molecule has 3 nitrogen and oxygen atoms in total. The zero-order chi connectivity index (χ0) is 15.6. The van der Waals surface area contributed by atoms with Gasteiger partial charge in [-0.15, -0.1) is 0 Å². The molecule has 3 heterocycles. The number of hydrogen-bond donors (Lipinski definition) is 0. The van der Waals surface area contributed by atoms with Crippen LogP contribution in [-0.2, 0) is 6.54 Å². The summed E-state index contributed by atoms with van der Waals surface area (Å²) in [5, 5.41) is 0. The van der Waals surface area contributed by atoms with E-state index in [4.69, 9.17) is 4.42 Å². The van der Waals surface area contributed by atoms with E-state index >= 15 is 0 Å². The van der Waals surface area contributed by atoms with Crippen LogP contribution >= 0.6 is 0 Å². The number of furan rings is 1. The monoisotopic (exact) mass is 310 g/mol. The lowest BCUT2D eigenvalue weighted by Crippen LogP contribution is -2.59. The van der Waals surface area contributed by atoms with E-state index in [1.165, 1.54) is 56.6 Å². The van der Waals surface area contributed by atoms with Crippen LogP contribution in [0.4, 0.5) is 0 Å². The van der Waals surface area contributed by atoms with Gasteiger partial charge in [0.05, 0.1) is 0 Å². The Morgan fingerprint density at radius 2 is 1.87 bits per heavy atom. The van der Waals surface area contributed by atoms with Crippen molar-refractivity contribution in [1.82, 2.24) is 9.80 Å². The Morgan fingerprint density at radius 1 is 1.04 bits per heavy atom. The molecule has 23 heavy (non-hydrogen) atoms. The number of piperidine rings is 1. The molecule has 1 aromatic heterocycles. The van der Waals surface area contributed by atoms with Gasteiger partial charge in [0, 0.05) is 31.2 Å². The maximum absolute atomic E-state index is 5.75. The molecule has 2 fully saturated rings. The lowest BCUT2D eigenvalue weighted by molar-refractivity contribution is 0.0186. The van der Waals surface area contributed by atoms with Crippen LogP contribution in [0.1, 0.15) is 30.6 Å². The van der Waals surface area contributed by atoms with Gasteiger partial charge in [-0.2, -0.15) is 0 Å². The van der Waals surface area contributed by atoms with Crippen molar-refractivity contribution in [3.05, 3.63) is 47.7 Å². The second kappa shape index (κ2) is 6.50. The largest absolute Gasteiger partial charge is 0.461 e. The minimum absolute atomic E-state index is 0.797. The van der Waals surface area contributed by atoms with Gasteiger partial charge in [0.25, 0.3) is 0 Å². The van der Waals surface area contributed by atoms with E-state index in [0.29, 0.717) is 0 Å². The number of likely N-dealkylation sites (tertiary alicyclic amines) is 2. The van der Waals surface area contributed by atoms with E-state index in [1.54, 1.807) is 0 Å². The Balaban J connectivity index is 1.35. The minimum Gasteiger partial charge on any atom is -0.461 e. The maximum atomic E-state index is 5.75. The van der Waals surface area contributed by atoms with Crippen molar-refractivity contribution in [1.29, 1.82) is 0 Å². The van der Waals surface area contributed by atoms with E-state index in [0.717, 1.165) is 24.1 Å². The summed E-state index contributed by atoms with van der Waals surface area (Å²) in [6.07, 6.45) is 4.20.